The largest absolute Gasteiger partial charge is 0.497 e. The Morgan fingerprint density at radius 1 is 1.32 bits per heavy atom. The van der Waals surface area contributed by atoms with E-state index in [1.165, 1.54) is 0 Å². The van der Waals surface area contributed by atoms with E-state index in [1.54, 1.807) is 7.11 Å². The summed E-state index contributed by atoms with van der Waals surface area (Å²) in [6, 6.07) is 7.93. The maximum atomic E-state index is 5.61. The average molecular weight is 303 g/mol. The minimum Gasteiger partial charge on any atom is -0.497 e. The molecule has 0 saturated carbocycles. The number of benzene rings is 1. The molecule has 1 aliphatic rings. The lowest BCUT2D eigenvalue weighted by Gasteiger charge is -2.23. The van der Waals surface area contributed by atoms with Gasteiger partial charge in [0.25, 0.3) is 0 Å². The van der Waals surface area contributed by atoms with Gasteiger partial charge in [-0.1, -0.05) is 0 Å². The number of nitrogens with zero attached hydrogens (tertiary/aromatic N) is 1. The summed E-state index contributed by atoms with van der Waals surface area (Å²) in [6.07, 6.45) is 1.98. The Morgan fingerprint density at radius 3 is 2.91 bits per heavy atom. The van der Waals surface area contributed by atoms with Gasteiger partial charge in [-0.3, -0.25) is 5.10 Å². The van der Waals surface area contributed by atoms with Crippen LogP contribution in [0.15, 0.2) is 30.5 Å². The highest BCUT2D eigenvalue weighted by molar-refractivity contribution is 5.63. The standard InChI is InChI=1S/C16H21N3O3/c1-20-14-4-2-12(3-5-14)16-13(9-18-19-16)8-17-10-15-11-21-6-7-22-15/h2-5,9,15,17H,6-8,10-11H2,1H3,(H,18,19)/t15-/m1/s1. The first kappa shape index (κ1) is 15.0. The molecule has 6 heteroatoms. The highest BCUT2D eigenvalue weighted by Crippen LogP contribution is 2.23. The third kappa shape index (κ3) is 3.65. The molecule has 1 aromatic carbocycles. The summed E-state index contributed by atoms with van der Waals surface area (Å²) in [7, 11) is 1.66. The number of aromatic amines is 1. The molecule has 22 heavy (non-hydrogen) atoms. The second-order valence-corrected chi connectivity index (χ2v) is 5.20. The Bertz CT molecular complexity index is 577. The van der Waals surface area contributed by atoms with Gasteiger partial charge in [-0.15, -0.1) is 0 Å². The van der Waals surface area contributed by atoms with Crippen LogP contribution in [0, 0.1) is 0 Å². The molecule has 3 rings (SSSR count). The minimum absolute atomic E-state index is 0.130. The molecule has 1 fully saturated rings. The van der Waals surface area contributed by atoms with E-state index in [1.807, 2.05) is 30.5 Å². The number of rotatable bonds is 6. The molecule has 118 valence electrons. The van der Waals surface area contributed by atoms with E-state index in [9.17, 15) is 0 Å². The monoisotopic (exact) mass is 303 g/mol. The van der Waals surface area contributed by atoms with Crippen LogP contribution in [0.5, 0.6) is 5.75 Å². The maximum Gasteiger partial charge on any atom is 0.118 e. The summed E-state index contributed by atoms with van der Waals surface area (Å²) >= 11 is 0. The highest BCUT2D eigenvalue weighted by atomic mass is 16.6. The van der Waals surface area contributed by atoms with Crippen molar-refractivity contribution < 1.29 is 14.2 Å². The molecule has 0 spiro atoms. The zero-order chi connectivity index (χ0) is 15.2. The highest BCUT2D eigenvalue weighted by Gasteiger charge is 2.14. The normalized spacial score (nSPS) is 18.3. The quantitative estimate of drug-likeness (QED) is 0.848. The Morgan fingerprint density at radius 2 is 2.18 bits per heavy atom. The summed E-state index contributed by atoms with van der Waals surface area (Å²) in [4.78, 5) is 0. The van der Waals surface area contributed by atoms with Gasteiger partial charge < -0.3 is 19.5 Å². The van der Waals surface area contributed by atoms with Gasteiger partial charge in [0.1, 0.15) is 5.75 Å². The summed E-state index contributed by atoms with van der Waals surface area (Å²) in [6.45, 7) is 3.53. The molecule has 2 heterocycles. The van der Waals surface area contributed by atoms with Crippen LogP contribution in [-0.2, 0) is 16.0 Å². The van der Waals surface area contributed by atoms with Gasteiger partial charge >= 0.3 is 0 Å². The van der Waals surface area contributed by atoms with Crippen molar-refractivity contribution in [2.24, 2.45) is 0 Å². The lowest BCUT2D eigenvalue weighted by molar-refractivity contribution is -0.0864. The van der Waals surface area contributed by atoms with Crippen molar-refractivity contribution in [3.05, 3.63) is 36.0 Å². The first-order valence-electron chi connectivity index (χ1n) is 7.43. The van der Waals surface area contributed by atoms with Crippen molar-refractivity contribution >= 4 is 0 Å². The smallest absolute Gasteiger partial charge is 0.118 e. The van der Waals surface area contributed by atoms with Crippen LogP contribution in [-0.4, -0.2) is 49.8 Å². The first-order valence-corrected chi connectivity index (χ1v) is 7.43. The minimum atomic E-state index is 0.130. The maximum absolute atomic E-state index is 5.61. The second-order valence-electron chi connectivity index (χ2n) is 5.20. The van der Waals surface area contributed by atoms with E-state index in [-0.39, 0.29) is 6.10 Å². The molecule has 1 atom stereocenters. The average Bonchev–Trinajstić information content (AvgIpc) is 3.04. The Hall–Kier alpha value is -1.89. The van der Waals surface area contributed by atoms with Gasteiger partial charge in [0.15, 0.2) is 0 Å². The summed E-state index contributed by atoms with van der Waals surface area (Å²) in [5, 5.41) is 10.6. The van der Waals surface area contributed by atoms with Crippen molar-refractivity contribution in [1.82, 2.24) is 15.5 Å². The van der Waals surface area contributed by atoms with Crippen LogP contribution in [0.25, 0.3) is 11.3 Å². The predicted octanol–water partition coefficient (Wildman–Crippen LogP) is 1.59. The zero-order valence-corrected chi connectivity index (χ0v) is 12.7. The summed E-state index contributed by atoms with van der Waals surface area (Å²) in [5.41, 5.74) is 3.24. The van der Waals surface area contributed by atoms with Crippen molar-refractivity contribution in [3.63, 3.8) is 0 Å². The Kier molecular flexibility index (Phi) is 5.05. The van der Waals surface area contributed by atoms with Crippen LogP contribution in [0.4, 0.5) is 0 Å². The number of hydrogen-bond donors (Lipinski definition) is 2. The number of H-pyrrole nitrogens is 1. The number of aromatic nitrogens is 2. The fourth-order valence-electron chi connectivity index (χ4n) is 2.48. The van der Waals surface area contributed by atoms with Gasteiger partial charge in [0, 0.05) is 24.2 Å². The molecule has 2 N–H and O–H groups in total. The lowest BCUT2D eigenvalue weighted by atomic mass is 10.1. The van der Waals surface area contributed by atoms with E-state index in [0.29, 0.717) is 19.8 Å². The van der Waals surface area contributed by atoms with Gasteiger partial charge in [-0.05, 0) is 24.3 Å². The van der Waals surface area contributed by atoms with Gasteiger partial charge in [0.2, 0.25) is 0 Å². The summed E-state index contributed by atoms with van der Waals surface area (Å²) in [5.74, 6) is 0.845. The Labute approximate surface area is 129 Å². The van der Waals surface area contributed by atoms with E-state index in [4.69, 9.17) is 14.2 Å². The number of nitrogens with one attached hydrogen (secondary N) is 2. The van der Waals surface area contributed by atoms with E-state index in [2.05, 4.69) is 15.5 Å². The van der Waals surface area contributed by atoms with Crippen LogP contribution in [0.3, 0.4) is 0 Å². The van der Waals surface area contributed by atoms with E-state index < -0.39 is 0 Å². The lowest BCUT2D eigenvalue weighted by Crippen LogP contribution is -2.37. The van der Waals surface area contributed by atoms with Gasteiger partial charge in [-0.25, -0.2) is 0 Å². The van der Waals surface area contributed by atoms with Crippen LogP contribution in [0.1, 0.15) is 5.56 Å². The van der Waals surface area contributed by atoms with Gasteiger partial charge in [0.05, 0.1) is 44.9 Å². The van der Waals surface area contributed by atoms with Crippen LogP contribution < -0.4 is 10.1 Å². The summed E-state index contributed by atoms with van der Waals surface area (Å²) < 4.78 is 16.2. The Balaban J connectivity index is 1.59. The molecule has 2 aromatic rings. The predicted molar refractivity (Wildman–Crippen MR) is 82.8 cm³/mol. The number of ether oxygens (including phenoxy) is 3. The molecule has 6 nitrogen and oxygen atoms in total. The molecule has 0 radical (unpaired) electrons. The molecular formula is C16H21N3O3. The van der Waals surface area contributed by atoms with Crippen molar-refractivity contribution in [2.75, 3.05) is 33.5 Å². The third-order valence-corrected chi connectivity index (χ3v) is 3.67. The SMILES string of the molecule is COc1ccc(-c2[nH]ncc2CNC[C@@H]2COCCO2)cc1. The number of methoxy groups -OCH3 is 1. The van der Waals surface area contributed by atoms with E-state index >= 15 is 0 Å². The molecule has 0 aliphatic carbocycles. The zero-order valence-electron chi connectivity index (χ0n) is 12.7. The fraction of sp³-hybridized carbons (Fsp3) is 0.438. The van der Waals surface area contributed by atoms with Crippen LogP contribution in [0.2, 0.25) is 0 Å². The molecule has 0 bridgehead atoms. The molecule has 0 amide bonds. The molecule has 1 saturated heterocycles. The fourth-order valence-corrected chi connectivity index (χ4v) is 2.48. The molecule has 1 aliphatic heterocycles. The first-order chi connectivity index (χ1) is 10.9. The van der Waals surface area contributed by atoms with Crippen molar-refractivity contribution in [3.8, 4) is 17.0 Å². The van der Waals surface area contributed by atoms with Crippen molar-refractivity contribution in [1.29, 1.82) is 0 Å². The molecule has 0 unspecified atom stereocenters. The number of hydrogen-bond acceptors (Lipinski definition) is 5. The van der Waals surface area contributed by atoms with Gasteiger partial charge in [-0.2, -0.15) is 5.10 Å². The van der Waals surface area contributed by atoms with E-state index in [0.717, 1.165) is 35.7 Å². The van der Waals surface area contributed by atoms with Crippen molar-refractivity contribution in [2.45, 2.75) is 12.6 Å². The van der Waals surface area contributed by atoms with Crippen LogP contribution >= 0.6 is 0 Å². The second kappa shape index (κ2) is 7.40. The third-order valence-electron chi connectivity index (χ3n) is 3.67. The molecule has 1 aromatic heterocycles. The molecular weight excluding hydrogens is 282 g/mol. The topological polar surface area (TPSA) is 68.4 Å².